The van der Waals surface area contributed by atoms with Crippen molar-refractivity contribution in [3.05, 3.63) is 36.7 Å². The number of aromatic nitrogens is 1. The zero-order chi connectivity index (χ0) is 8.84. The minimum Gasteiger partial charge on any atom is -0.447 e. The Morgan fingerprint density at radius 2 is 2.15 bits per heavy atom. The summed E-state index contributed by atoms with van der Waals surface area (Å²) in [6, 6.07) is 7.80. The van der Waals surface area contributed by atoms with Crippen LogP contribution in [0.5, 0.6) is 0 Å². The number of nitrogen functional groups attached to an aromatic ring is 1. The van der Waals surface area contributed by atoms with Crippen LogP contribution in [-0.2, 0) is 0 Å². The number of fused-ring (bicyclic) bond motifs is 3. The SMILES string of the molecule is Nc1ccc2c(c1)cc1occn12. The number of benzene rings is 1. The van der Waals surface area contributed by atoms with Crippen molar-refractivity contribution in [3.8, 4) is 0 Å². The van der Waals surface area contributed by atoms with E-state index in [1.165, 1.54) is 0 Å². The smallest absolute Gasteiger partial charge is 0.204 e. The van der Waals surface area contributed by atoms with Crippen molar-refractivity contribution in [1.82, 2.24) is 4.40 Å². The topological polar surface area (TPSA) is 43.6 Å². The second kappa shape index (κ2) is 2.07. The Bertz CT molecular complexity index is 577. The number of anilines is 1. The van der Waals surface area contributed by atoms with Gasteiger partial charge in [0, 0.05) is 23.3 Å². The highest BCUT2D eigenvalue weighted by Gasteiger charge is 2.03. The molecule has 0 atom stereocenters. The van der Waals surface area contributed by atoms with E-state index in [9.17, 15) is 0 Å². The average Bonchev–Trinajstić information content (AvgIpc) is 2.62. The lowest BCUT2D eigenvalue weighted by atomic mass is 10.2. The van der Waals surface area contributed by atoms with Crippen molar-refractivity contribution in [2.24, 2.45) is 0 Å². The summed E-state index contributed by atoms with van der Waals surface area (Å²) < 4.78 is 7.26. The van der Waals surface area contributed by atoms with E-state index in [4.69, 9.17) is 10.2 Å². The third-order valence-electron chi connectivity index (χ3n) is 2.23. The largest absolute Gasteiger partial charge is 0.447 e. The lowest BCUT2D eigenvalue weighted by molar-refractivity contribution is 0.609. The van der Waals surface area contributed by atoms with E-state index in [0.29, 0.717) is 0 Å². The average molecular weight is 172 g/mol. The molecule has 0 bridgehead atoms. The Kier molecular flexibility index (Phi) is 1.05. The Balaban J connectivity index is 2.59. The molecule has 3 rings (SSSR count). The van der Waals surface area contributed by atoms with Gasteiger partial charge in [0.25, 0.3) is 0 Å². The van der Waals surface area contributed by atoms with Gasteiger partial charge in [-0.25, -0.2) is 0 Å². The summed E-state index contributed by atoms with van der Waals surface area (Å²) in [4.78, 5) is 0. The van der Waals surface area contributed by atoms with Gasteiger partial charge in [0.2, 0.25) is 5.71 Å². The van der Waals surface area contributed by atoms with Crippen molar-refractivity contribution in [2.45, 2.75) is 0 Å². The maximum Gasteiger partial charge on any atom is 0.204 e. The maximum atomic E-state index is 5.67. The molecule has 0 aliphatic heterocycles. The zero-order valence-corrected chi connectivity index (χ0v) is 6.90. The lowest BCUT2D eigenvalue weighted by Crippen LogP contribution is -1.83. The normalized spacial score (nSPS) is 11.4. The molecule has 1 aromatic carbocycles. The van der Waals surface area contributed by atoms with Gasteiger partial charge in [-0.3, -0.25) is 4.40 Å². The van der Waals surface area contributed by atoms with E-state index in [0.717, 1.165) is 22.3 Å². The molecule has 0 saturated carbocycles. The van der Waals surface area contributed by atoms with Crippen molar-refractivity contribution in [1.29, 1.82) is 0 Å². The summed E-state index contributed by atoms with van der Waals surface area (Å²) in [6.45, 7) is 0. The number of oxazole rings is 1. The maximum absolute atomic E-state index is 5.67. The van der Waals surface area contributed by atoms with Crippen LogP contribution >= 0.6 is 0 Å². The molecule has 0 aliphatic rings. The molecule has 0 amide bonds. The standard InChI is InChI=1S/C10H8N2O/c11-8-1-2-9-7(5-8)6-10-12(9)3-4-13-10/h1-6H,11H2. The van der Waals surface area contributed by atoms with Crippen LogP contribution in [0.25, 0.3) is 16.6 Å². The van der Waals surface area contributed by atoms with E-state index in [1.54, 1.807) is 6.26 Å². The van der Waals surface area contributed by atoms with Crippen LogP contribution in [0, 0.1) is 0 Å². The van der Waals surface area contributed by atoms with E-state index in [2.05, 4.69) is 0 Å². The molecule has 0 radical (unpaired) electrons. The second-order valence-corrected chi connectivity index (χ2v) is 3.07. The van der Waals surface area contributed by atoms with E-state index in [-0.39, 0.29) is 0 Å². The number of hydrogen-bond donors (Lipinski definition) is 1. The van der Waals surface area contributed by atoms with Gasteiger partial charge in [-0.05, 0) is 18.2 Å². The van der Waals surface area contributed by atoms with Gasteiger partial charge in [-0.15, -0.1) is 0 Å². The van der Waals surface area contributed by atoms with E-state index in [1.807, 2.05) is 34.9 Å². The van der Waals surface area contributed by atoms with Crippen LogP contribution in [0.15, 0.2) is 41.1 Å². The molecule has 3 nitrogen and oxygen atoms in total. The molecule has 64 valence electrons. The molecule has 13 heavy (non-hydrogen) atoms. The number of hydrogen-bond acceptors (Lipinski definition) is 2. The van der Waals surface area contributed by atoms with Crippen molar-refractivity contribution in [2.75, 3.05) is 5.73 Å². The molecule has 2 aromatic heterocycles. The summed E-state index contributed by atoms with van der Waals surface area (Å²) >= 11 is 0. The molecule has 0 unspecified atom stereocenters. The summed E-state index contributed by atoms with van der Waals surface area (Å²) in [5.41, 5.74) is 8.42. The van der Waals surface area contributed by atoms with Crippen LogP contribution in [0.1, 0.15) is 0 Å². The van der Waals surface area contributed by atoms with E-state index >= 15 is 0 Å². The molecule has 3 aromatic rings. The summed E-state index contributed by atoms with van der Waals surface area (Å²) in [5.74, 6) is 0. The summed E-state index contributed by atoms with van der Waals surface area (Å²) in [6.07, 6.45) is 3.57. The zero-order valence-electron chi connectivity index (χ0n) is 6.90. The predicted octanol–water partition coefficient (Wildman–Crippen LogP) is 2.27. The van der Waals surface area contributed by atoms with Gasteiger partial charge in [0.05, 0.1) is 5.52 Å². The van der Waals surface area contributed by atoms with Gasteiger partial charge in [-0.2, -0.15) is 0 Å². The molecular weight excluding hydrogens is 164 g/mol. The van der Waals surface area contributed by atoms with Gasteiger partial charge in [0.15, 0.2) is 0 Å². The van der Waals surface area contributed by atoms with E-state index < -0.39 is 0 Å². The van der Waals surface area contributed by atoms with Crippen LogP contribution in [-0.4, -0.2) is 4.40 Å². The lowest BCUT2D eigenvalue weighted by Gasteiger charge is -1.92. The quantitative estimate of drug-likeness (QED) is 0.528. The molecule has 0 aliphatic carbocycles. The summed E-state index contributed by atoms with van der Waals surface area (Å²) in [7, 11) is 0. The fourth-order valence-corrected chi connectivity index (χ4v) is 1.63. The second-order valence-electron chi connectivity index (χ2n) is 3.07. The Hall–Kier alpha value is -1.90. The third kappa shape index (κ3) is 0.783. The minimum atomic E-state index is 0.778. The first-order chi connectivity index (χ1) is 6.34. The molecule has 2 N–H and O–H groups in total. The Morgan fingerprint density at radius 1 is 1.23 bits per heavy atom. The van der Waals surface area contributed by atoms with Gasteiger partial charge in [0.1, 0.15) is 6.26 Å². The number of nitrogens with zero attached hydrogens (tertiary/aromatic N) is 1. The minimum absolute atomic E-state index is 0.778. The summed E-state index contributed by atoms with van der Waals surface area (Å²) in [5, 5.41) is 1.11. The first-order valence-corrected chi connectivity index (χ1v) is 4.08. The fourth-order valence-electron chi connectivity index (χ4n) is 1.63. The van der Waals surface area contributed by atoms with Gasteiger partial charge >= 0.3 is 0 Å². The first-order valence-electron chi connectivity index (χ1n) is 4.08. The fraction of sp³-hybridized carbons (Fsp3) is 0. The molecule has 3 heteroatoms. The molecule has 2 heterocycles. The van der Waals surface area contributed by atoms with Crippen LogP contribution in [0.4, 0.5) is 5.69 Å². The molecular formula is C10H8N2O. The van der Waals surface area contributed by atoms with Crippen molar-refractivity contribution >= 4 is 22.3 Å². The third-order valence-corrected chi connectivity index (χ3v) is 2.23. The van der Waals surface area contributed by atoms with Crippen LogP contribution in [0.3, 0.4) is 0 Å². The van der Waals surface area contributed by atoms with Crippen molar-refractivity contribution < 1.29 is 4.42 Å². The Morgan fingerprint density at radius 3 is 3.08 bits per heavy atom. The van der Waals surface area contributed by atoms with Crippen molar-refractivity contribution in [3.63, 3.8) is 0 Å². The highest BCUT2D eigenvalue weighted by atomic mass is 16.3. The van der Waals surface area contributed by atoms with Gasteiger partial charge < -0.3 is 10.2 Å². The van der Waals surface area contributed by atoms with Gasteiger partial charge in [-0.1, -0.05) is 0 Å². The number of rotatable bonds is 0. The molecule has 0 spiro atoms. The highest BCUT2D eigenvalue weighted by molar-refractivity contribution is 5.87. The first kappa shape index (κ1) is 6.60. The highest BCUT2D eigenvalue weighted by Crippen LogP contribution is 2.22. The van der Waals surface area contributed by atoms with Crippen LogP contribution in [0.2, 0.25) is 0 Å². The Labute approximate surface area is 74.4 Å². The number of nitrogens with two attached hydrogens (primary N) is 1. The monoisotopic (exact) mass is 172 g/mol. The molecule has 0 saturated heterocycles. The predicted molar refractivity (Wildman–Crippen MR) is 51.6 cm³/mol. The van der Waals surface area contributed by atoms with Crippen LogP contribution < -0.4 is 5.73 Å². The molecule has 0 fully saturated rings.